The number of nitrogens with one attached hydrogen (secondary N) is 1. The van der Waals surface area contributed by atoms with Gasteiger partial charge in [-0.15, -0.1) is 0 Å². The summed E-state index contributed by atoms with van der Waals surface area (Å²) in [7, 11) is 2.03. The van der Waals surface area contributed by atoms with E-state index in [0.717, 1.165) is 16.7 Å². The molecule has 0 saturated carbocycles. The van der Waals surface area contributed by atoms with Crippen LogP contribution in [0.15, 0.2) is 10.7 Å². The standard InChI is InChI=1S/C11H20BrN5/c1-7(2)5-8(3)17(4)10-9(12)6-14-11(15-10)16-13/h6-8H,5,13H2,1-4H3,(H,14,15,16). The number of rotatable bonds is 5. The molecule has 1 aromatic heterocycles. The molecule has 1 aromatic rings. The second-order valence-corrected chi connectivity index (χ2v) is 5.45. The van der Waals surface area contributed by atoms with Gasteiger partial charge in [0.15, 0.2) is 0 Å². The molecule has 1 rings (SSSR count). The SMILES string of the molecule is CC(C)CC(C)N(C)c1nc(NN)ncc1Br. The Balaban J connectivity index is 2.90. The van der Waals surface area contributed by atoms with Gasteiger partial charge in [0.1, 0.15) is 5.82 Å². The van der Waals surface area contributed by atoms with E-state index in [9.17, 15) is 0 Å². The molecule has 0 saturated heterocycles. The molecule has 17 heavy (non-hydrogen) atoms. The van der Waals surface area contributed by atoms with Crippen LogP contribution in [0, 0.1) is 5.92 Å². The lowest BCUT2D eigenvalue weighted by molar-refractivity contribution is 0.501. The maximum absolute atomic E-state index is 5.32. The Morgan fingerprint density at radius 3 is 2.65 bits per heavy atom. The van der Waals surface area contributed by atoms with Gasteiger partial charge in [0.25, 0.3) is 0 Å². The fourth-order valence-corrected chi connectivity index (χ4v) is 2.19. The average molecular weight is 302 g/mol. The number of hydrazine groups is 1. The van der Waals surface area contributed by atoms with Crippen LogP contribution in [0.25, 0.3) is 0 Å². The number of aromatic nitrogens is 2. The normalized spacial score (nSPS) is 12.6. The molecule has 0 spiro atoms. The lowest BCUT2D eigenvalue weighted by Gasteiger charge is -2.28. The fraction of sp³-hybridized carbons (Fsp3) is 0.636. The number of nitrogen functional groups attached to an aromatic ring is 1. The van der Waals surface area contributed by atoms with Crippen LogP contribution in [0.2, 0.25) is 0 Å². The number of halogens is 1. The zero-order valence-corrected chi connectivity index (χ0v) is 12.3. The van der Waals surface area contributed by atoms with Gasteiger partial charge in [0.2, 0.25) is 5.95 Å². The van der Waals surface area contributed by atoms with Gasteiger partial charge in [-0.2, -0.15) is 4.98 Å². The molecule has 6 heteroatoms. The molecular formula is C11H20BrN5. The van der Waals surface area contributed by atoms with Crippen LogP contribution < -0.4 is 16.2 Å². The summed E-state index contributed by atoms with van der Waals surface area (Å²) >= 11 is 3.46. The summed E-state index contributed by atoms with van der Waals surface area (Å²) < 4.78 is 0.870. The number of nitrogens with zero attached hydrogens (tertiary/aromatic N) is 3. The summed E-state index contributed by atoms with van der Waals surface area (Å²) in [4.78, 5) is 10.5. The topological polar surface area (TPSA) is 67.1 Å². The minimum atomic E-state index is 0.409. The zero-order chi connectivity index (χ0) is 13.0. The van der Waals surface area contributed by atoms with Crippen LogP contribution in [-0.2, 0) is 0 Å². The molecule has 0 aliphatic heterocycles. The van der Waals surface area contributed by atoms with Crippen molar-refractivity contribution < 1.29 is 0 Å². The van der Waals surface area contributed by atoms with Gasteiger partial charge in [0, 0.05) is 19.3 Å². The van der Waals surface area contributed by atoms with E-state index in [-0.39, 0.29) is 0 Å². The molecule has 0 radical (unpaired) electrons. The summed E-state index contributed by atoms with van der Waals surface area (Å²) in [5.41, 5.74) is 2.46. The van der Waals surface area contributed by atoms with E-state index < -0.39 is 0 Å². The van der Waals surface area contributed by atoms with E-state index in [1.54, 1.807) is 6.20 Å². The van der Waals surface area contributed by atoms with Crippen molar-refractivity contribution in [3.63, 3.8) is 0 Å². The average Bonchev–Trinajstić information content (AvgIpc) is 2.28. The minimum absolute atomic E-state index is 0.409. The first kappa shape index (κ1) is 14.2. The Morgan fingerprint density at radius 1 is 1.47 bits per heavy atom. The number of hydrogen-bond acceptors (Lipinski definition) is 5. The smallest absolute Gasteiger partial charge is 0.239 e. The Hall–Kier alpha value is -0.880. The third-order valence-electron chi connectivity index (χ3n) is 2.66. The van der Waals surface area contributed by atoms with E-state index in [1.807, 2.05) is 7.05 Å². The third-order valence-corrected chi connectivity index (χ3v) is 3.22. The molecule has 5 nitrogen and oxygen atoms in total. The van der Waals surface area contributed by atoms with Gasteiger partial charge in [-0.3, -0.25) is 5.43 Å². The van der Waals surface area contributed by atoms with Crippen molar-refractivity contribution in [2.45, 2.75) is 33.2 Å². The lowest BCUT2D eigenvalue weighted by atomic mass is 10.0. The van der Waals surface area contributed by atoms with E-state index in [2.05, 4.69) is 57.0 Å². The lowest BCUT2D eigenvalue weighted by Crippen LogP contribution is -2.31. The highest BCUT2D eigenvalue weighted by Crippen LogP contribution is 2.26. The van der Waals surface area contributed by atoms with E-state index in [0.29, 0.717) is 17.9 Å². The number of nitrogens with two attached hydrogens (primary N) is 1. The highest BCUT2D eigenvalue weighted by Gasteiger charge is 2.16. The molecule has 96 valence electrons. The molecule has 0 aliphatic carbocycles. The summed E-state index contributed by atoms with van der Waals surface area (Å²) in [5.74, 6) is 7.24. The van der Waals surface area contributed by atoms with Gasteiger partial charge in [0.05, 0.1) is 4.47 Å². The van der Waals surface area contributed by atoms with Crippen LogP contribution in [0.3, 0.4) is 0 Å². The highest BCUT2D eigenvalue weighted by atomic mass is 79.9. The van der Waals surface area contributed by atoms with Crippen molar-refractivity contribution in [3.8, 4) is 0 Å². The van der Waals surface area contributed by atoms with Crippen LogP contribution in [0.5, 0.6) is 0 Å². The Labute approximate surface area is 111 Å². The minimum Gasteiger partial charge on any atom is -0.356 e. The maximum atomic E-state index is 5.32. The zero-order valence-electron chi connectivity index (χ0n) is 10.7. The summed E-state index contributed by atoms with van der Waals surface area (Å²) in [5, 5.41) is 0. The van der Waals surface area contributed by atoms with Crippen molar-refractivity contribution in [1.82, 2.24) is 9.97 Å². The van der Waals surface area contributed by atoms with Gasteiger partial charge in [-0.05, 0) is 35.2 Å². The second-order valence-electron chi connectivity index (χ2n) is 4.60. The highest BCUT2D eigenvalue weighted by molar-refractivity contribution is 9.10. The van der Waals surface area contributed by atoms with Crippen LogP contribution in [0.4, 0.5) is 11.8 Å². The fourth-order valence-electron chi connectivity index (χ4n) is 1.72. The van der Waals surface area contributed by atoms with Crippen molar-refractivity contribution in [2.24, 2.45) is 11.8 Å². The van der Waals surface area contributed by atoms with Crippen molar-refractivity contribution in [3.05, 3.63) is 10.7 Å². The first-order valence-corrected chi connectivity index (χ1v) is 6.47. The Morgan fingerprint density at radius 2 is 2.12 bits per heavy atom. The second kappa shape index (κ2) is 6.16. The molecule has 0 bridgehead atoms. The molecule has 1 atom stereocenters. The first-order valence-electron chi connectivity index (χ1n) is 5.67. The van der Waals surface area contributed by atoms with Crippen LogP contribution in [0.1, 0.15) is 27.2 Å². The Kier molecular flexibility index (Phi) is 5.14. The first-order chi connectivity index (χ1) is 7.95. The maximum Gasteiger partial charge on any atom is 0.239 e. The summed E-state index contributed by atoms with van der Waals surface area (Å²) in [6.45, 7) is 6.61. The predicted octanol–water partition coefficient (Wildman–Crippen LogP) is 2.40. The van der Waals surface area contributed by atoms with Crippen LogP contribution in [-0.4, -0.2) is 23.1 Å². The van der Waals surface area contributed by atoms with Crippen molar-refractivity contribution >= 4 is 27.7 Å². The van der Waals surface area contributed by atoms with Crippen LogP contribution >= 0.6 is 15.9 Å². The van der Waals surface area contributed by atoms with Crippen molar-refractivity contribution in [2.75, 3.05) is 17.4 Å². The van der Waals surface area contributed by atoms with Crippen molar-refractivity contribution in [1.29, 1.82) is 0 Å². The third kappa shape index (κ3) is 3.81. The molecule has 0 amide bonds. The predicted molar refractivity (Wildman–Crippen MR) is 74.9 cm³/mol. The molecule has 3 N–H and O–H groups in total. The quantitative estimate of drug-likeness (QED) is 0.646. The number of hydrogen-bond donors (Lipinski definition) is 2. The molecule has 1 unspecified atom stereocenters. The van der Waals surface area contributed by atoms with E-state index in [4.69, 9.17) is 5.84 Å². The van der Waals surface area contributed by atoms with Gasteiger partial charge in [-0.25, -0.2) is 10.8 Å². The molecule has 1 heterocycles. The molecular weight excluding hydrogens is 282 g/mol. The van der Waals surface area contributed by atoms with E-state index in [1.165, 1.54) is 0 Å². The summed E-state index contributed by atoms with van der Waals surface area (Å²) in [6, 6.07) is 0.409. The van der Waals surface area contributed by atoms with Gasteiger partial charge < -0.3 is 4.90 Å². The summed E-state index contributed by atoms with van der Waals surface area (Å²) in [6.07, 6.45) is 2.81. The molecule has 0 fully saturated rings. The monoisotopic (exact) mass is 301 g/mol. The van der Waals surface area contributed by atoms with Gasteiger partial charge in [-0.1, -0.05) is 13.8 Å². The van der Waals surface area contributed by atoms with E-state index >= 15 is 0 Å². The van der Waals surface area contributed by atoms with Gasteiger partial charge >= 0.3 is 0 Å². The molecule has 0 aliphatic rings. The largest absolute Gasteiger partial charge is 0.356 e. The Bertz CT molecular complexity index is 369. The molecule has 0 aromatic carbocycles. The number of anilines is 2.